The van der Waals surface area contributed by atoms with Crippen LogP contribution in [0.3, 0.4) is 0 Å². The average molecular weight is 307 g/mol. The van der Waals surface area contributed by atoms with Crippen LogP contribution in [-0.2, 0) is 26.6 Å². The molecule has 0 fully saturated rings. The van der Waals surface area contributed by atoms with Crippen LogP contribution in [0.2, 0.25) is 0 Å². The molecule has 0 aliphatic carbocycles. The summed E-state index contributed by atoms with van der Waals surface area (Å²) >= 11 is 0. The van der Waals surface area contributed by atoms with E-state index in [-0.39, 0.29) is 0 Å². The normalized spacial score (nSPS) is 14.9. The summed E-state index contributed by atoms with van der Waals surface area (Å²) in [4.78, 5) is 6.81. The zero-order valence-corrected chi connectivity index (χ0v) is 13.6. The molecule has 0 spiro atoms. The van der Waals surface area contributed by atoms with Gasteiger partial charge < -0.3 is 8.98 Å². The van der Waals surface area contributed by atoms with Gasteiger partial charge in [0.05, 0.1) is 12.2 Å². The van der Waals surface area contributed by atoms with Gasteiger partial charge in [0.1, 0.15) is 17.3 Å². The molecule has 1 aromatic carbocycles. The molecule has 0 saturated heterocycles. The number of benzene rings is 1. The van der Waals surface area contributed by atoms with E-state index in [9.17, 15) is 0 Å². The van der Waals surface area contributed by atoms with Crippen LogP contribution in [0.4, 0.5) is 0 Å². The molecule has 0 amide bonds. The molecular formula is C19H21N3O. The second kappa shape index (κ2) is 5.70. The van der Waals surface area contributed by atoms with Gasteiger partial charge in [0.2, 0.25) is 0 Å². The maximum absolute atomic E-state index is 6.13. The SMILES string of the molecule is Cc1ncc(CN2CCc3cc(-c4ccccc4)oc3C2)n1C. The van der Waals surface area contributed by atoms with Crippen molar-refractivity contribution in [2.45, 2.75) is 26.4 Å². The van der Waals surface area contributed by atoms with Crippen LogP contribution < -0.4 is 0 Å². The Morgan fingerprint density at radius 3 is 2.78 bits per heavy atom. The number of furan rings is 1. The zero-order chi connectivity index (χ0) is 15.8. The minimum absolute atomic E-state index is 0.867. The van der Waals surface area contributed by atoms with E-state index in [1.165, 1.54) is 11.3 Å². The van der Waals surface area contributed by atoms with Crippen LogP contribution in [0.1, 0.15) is 22.8 Å². The smallest absolute Gasteiger partial charge is 0.134 e. The second-order valence-electron chi connectivity index (χ2n) is 6.24. The number of nitrogens with zero attached hydrogens (tertiary/aromatic N) is 3. The quantitative estimate of drug-likeness (QED) is 0.742. The summed E-state index contributed by atoms with van der Waals surface area (Å²) in [6, 6.07) is 12.5. The third-order valence-corrected chi connectivity index (χ3v) is 4.72. The first-order valence-corrected chi connectivity index (χ1v) is 8.07. The summed E-state index contributed by atoms with van der Waals surface area (Å²) in [5.41, 5.74) is 3.75. The molecule has 0 unspecified atom stereocenters. The lowest BCUT2D eigenvalue weighted by atomic mass is 10.1. The van der Waals surface area contributed by atoms with Crippen molar-refractivity contribution in [2.24, 2.45) is 7.05 Å². The summed E-state index contributed by atoms with van der Waals surface area (Å²) in [5, 5.41) is 0. The van der Waals surface area contributed by atoms with Crippen molar-refractivity contribution in [3.05, 3.63) is 65.4 Å². The number of aromatic nitrogens is 2. The third kappa shape index (κ3) is 2.70. The van der Waals surface area contributed by atoms with E-state index < -0.39 is 0 Å². The lowest BCUT2D eigenvalue weighted by Gasteiger charge is -2.25. The zero-order valence-electron chi connectivity index (χ0n) is 13.6. The van der Waals surface area contributed by atoms with Crippen molar-refractivity contribution in [2.75, 3.05) is 6.54 Å². The minimum Gasteiger partial charge on any atom is -0.459 e. The molecule has 0 N–H and O–H groups in total. The number of hydrogen-bond acceptors (Lipinski definition) is 3. The van der Waals surface area contributed by atoms with E-state index in [0.29, 0.717) is 0 Å². The maximum Gasteiger partial charge on any atom is 0.134 e. The lowest BCUT2D eigenvalue weighted by molar-refractivity contribution is 0.217. The predicted octanol–water partition coefficient (Wildman–Crippen LogP) is 3.55. The summed E-state index contributed by atoms with van der Waals surface area (Å²) in [6.45, 7) is 4.88. The van der Waals surface area contributed by atoms with Crippen LogP contribution in [0.15, 0.2) is 47.0 Å². The average Bonchev–Trinajstić information content (AvgIpc) is 3.14. The van der Waals surface area contributed by atoms with Gasteiger partial charge in [0.25, 0.3) is 0 Å². The molecule has 0 saturated carbocycles. The highest BCUT2D eigenvalue weighted by molar-refractivity contribution is 5.58. The van der Waals surface area contributed by atoms with Crippen molar-refractivity contribution in [1.29, 1.82) is 0 Å². The van der Waals surface area contributed by atoms with Gasteiger partial charge >= 0.3 is 0 Å². The number of fused-ring (bicyclic) bond motifs is 1. The third-order valence-electron chi connectivity index (χ3n) is 4.72. The van der Waals surface area contributed by atoms with Gasteiger partial charge in [-0.3, -0.25) is 4.90 Å². The largest absolute Gasteiger partial charge is 0.459 e. The van der Waals surface area contributed by atoms with Crippen LogP contribution >= 0.6 is 0 Å². The molecule has 4 heteroatoms. The molecule has 0 bridgehead atoms. The standard InChI is InChI=1S/C19H21N3O/c1-14-20-11-17(21(14)2)12-22-9-8-16-10-18(23-19(16)13-22)15-6-4-3-5-7-15/h3-7,10-11H,8-9,12-13H2,1-2H3. The fraction of sp³-hybridized carbons (Fsp3) is 0.316. The van der Waals surface area contributed by atoms with Crippen LogP contribution in [0.5, 0.6) is 0 Å². The molecule has 23 heavy (non-hydrogen) atoms. The highest BCUT2D eigenvalue weighted by Gasteiger charge is 2.22. The molecule has 4 nitrogen and oxygen atoms in total. The molecule has 3 aromatic rings. The number of hydrogen-bond donors (Lipinski definition) is 0. The Labute approximate surface area is 136 Å². The first-order chi connectivity index (χ1) is 11.2. The maximum atomic E-state index is 6.13. The Kier molecular flexibility index (Phi) is 3.54. The predicted molar refractivity (Wildman–Crippen MR) is 89.9 cm³/mol. The van der Waals surface area contributed by atoms with E-state index in [1.807, 2.05) is 31.3 Å². The summed E-state index contributed by atoms with van der Waals surface area (Å²) in [5.74, 6) is 3.14. The second-order valence-corrected chi connectivity index (χ2v) is 6.24. The van der Waals surface area contributed by atoms with Gasteiger partial charge in [0.15, 0.2) is 0 Å². The van der Waals surface area contributed by atoms with Crippen LogP contribution in [0.25, 0.3) is 11.3 Å². The fourth-order valence-electron chi connectivity index (χ4n) is 3.18. The molecule has 3 heterocycles. The van der Waals surface area contributed by atoms with E-state index in [2.05, 4.69) is 39.7 Å². The van der Waals surface area contributed by atoms with Crippen molar-refractivity contribution < 1.29 is 4.42 Å². The highest BCUT2D eigenvalue weighted by atomic mass is 16.3. The monoisotopic (exact) mass is 307 g/mol. The van der Waals surface area contributed by atoms with Gasteiger partial charge in [0, 0.05) is 31.9 Å². The van der Waals surface area contributed by atoms with Gasteiger partial charge in [-0.2, -0.15) is 0 Å². The molecule has 1 aliphatic heterocycles. The van der Waals surface area contributed by atoms with E-state index in [1.54, 1.807) is 0 Å². The Balaban J connectivity index is 1.53. The first-order valence-electron chi connectivity index (χ1n) is 8.07. The van der Waals surface area contributed by atoms with Gasteiger partial charge in [-0.15, -0.1) is 0 Å². The molecule has 0 radical (unpaired) electrons. The summed E-state index contributed by atoms with van der Waals surface area (Å²) in [6.07, 6.45) is 3.02. The number of imidazole rings is 1. The molecule has 2 aromatic heterocycles. The number of rotatable bonds is 3. The van der Waals surface area contributed by atoms with Gasteiger partial charge in [-0.05, 0) is 25.0 Å². The van der Waals surface area contributed by atoms with E-state index in [0.717, 1.165) is 49.0 Å². The lowest BCUT2D eigenvalue weighted by Crippen LogP contribution is -2.30. The Bertz CT molecular complexity index is 817. The Hall–Kier alpha value is -2.33. The first kappa shape index (κ1) is 14.3. The molecule has 118 valence electrons. The fourth-order valence-corrected chi connectivity index (χ4v) is 3.18. The molecule has 0 atom stereocenters. The van der Waals surface area contributed by atoms with Crippen molar-refractivity contribution in [3.63, 3.8) is 0 Å². The van der Waals surface area contributed by atoms with Crippen LogP contribution in [-0.4, -0.2) is 21.0 Å². The molecule has 1 aliphatic rings. The van der Waals surface area contributed by atoms with Crippen molar-refractivity contribution in [1.82, 2.24) is 14.5 Å². The summed E-state index contributed by atoms with van der Waals surface area (Å²) in [7, 11) is 2.08. The Morgan fingerprint density at radius 2 is 2.04 bits per heavy atom. The van der Waals surface area contributed by atoms with E-state index >= 15 is 0 Å². The highest BCUT2D eigenvalue weighted by Crippen LogP contribution is 2.29. The topological polar surface area (TPSA) is 34.2 Å². The van der Waals surface area contributed by atoms with Gasteiger partial charge in [-0.1, -0.05) is 30.3 Å². The molecular weight excluding hydrogens is 286 g/mol. The Morgan fingerprint density at radius 1 is 1.22 bits per heavy atom. The number of aryl methyl sites for hydroxylation is 1. The van der Waals surface area contributed by atoms with Gasteiger partial charge in [-0.25, -0.2) is 4.98 Å². The minimum atomic E-state index is 0.867. The van der Waals surface area contributed by atoms with Crippen molar-refractivity contribution in [3.8, 4) is 11.3 Å². The van der Waals surface area contributed by atoms with Crippen molar-refractivity contribution >= 4 is 0 Å². The van der Waals surface area contributed by atoms with Crippen LogP contribution in [0, 0.1) is 6.92 Å². The summed E-state index contributed by atoms with van der Waals surface area (Å²) < 4.78 is 8.29. The van der Waals surface area contributed by atoms with E-state index in [4.69, 9.17) is 4.42 Å². The molecule has 4 rings (SSSR count).